The van der Waals surface area contributed by atoms with E-state index in [1.54, 1.807) is 34.1 Å². The molecular formula is C26H25F6N7O3. The van der Waals surface area contributed by atoms with Crippen molar-refractivity contribution in [1.29, 1.82) is 0 Å². The lowest BCUT2D eigenvalue weighted by molar-refractivity contribution is -0.139. The standard InChI is InChI=1S/C26H25F6N7O3/c27-25(28,29)17-12-33-24(34-13-17)38-9-7-37(8-10-38)23(41)16-3-1-5-19(11-16)42-15-18-4-2-6-39(18)20-14-35-36-22(40)21(20)26(30,31)32/h1,3,5,11-14,18H,2,4,6-10,15H2,(H,36,40)/t18-/m0/s1. The van der Waals surface area contributed by atoms with E-state index in [0.717, 1.165) is 18.6 Å². The van der Waals surface area contributed by atoms with E-state index in [1.807, 2.05) is 5.10 Å². The van der Waals surface area contributed by atoms with Crippen molar-refractivity contribution in [2.45, 2.75) is 31.2 Å². The average Bonchev–Trinajstić information content (AvgIpc) is 3.43. The van der Waals surface area contributed by atoms with Gasteiger partial charge in [-0.2, -0.15) is 31.4 Å². The van der Waals surface area contributed by atoms with Crippen molar-refractivity contribution in [3.8, 4) is 5.75 Å². The largest absolute Gasteiger partial charge is 0.491 e. The molecule has 1 aromatic carbocycles. The lowest BCUT2D eigenvalue weighted by atomic mass is 10.1. The summed E-state index contributed by atoms with van der Waals surface area (Å²) < 4.78 is 85.0. The Bertz CT molecular complexity index is 1470. The molecule has 3 aromatic rings. The van der Waals surface area contributed by atoms with Crippen LogP contribution >= 0.6 is 0 Å². The van der Waals surface area contributed by atoms with Crippen LogP contribution in [0, 0.1) is 0 Å². The number of benzene rings is 1. The Morgan fingerprint density at radius 1 is 0.976 bits per heavy atom. The van der Waals surface area contributed by atoms with Crippen LogP contribution in [0.25, 0.3) is 0 Å². The van der Waals surface area contributed by atoms with Crippen molar-refractivity contribution in [3.63, 3.8) is 0 Å². The number of aromatic amines is 1. The van der Waals surface area contributed by atoms with E-state index >= 15 is 0 Å². The summed E-state index contributed by atoms with van der Waals surface area (Å²) in [6.45, 7) is 1.54. The highest BCUT2D eigenvalue weighted by atomic mass is 19.4. The molecule has 0 bridgehead atoms. The minimum Gasteiger partial charge on any atom is -0.491 e. The van der Waals surface area contributed by atoms with Crippen LogP contribution in [-0.4, -0.2) is 76.3 Å². The predicted octanol–water partition coefficient (Wildman–Crippen LogP) is 3.61. The summed E-state index contributed by atoms with van der Waals surface area (Å²) in [5, 5.41) is 5.39. The Balaban J connectivity index is 1.20. The van der Waals surface area contributed by atoms with Gasteiger partial charge in [0.2, 0.25) is 5.95 Å². The normalized spacial score (nSPS) is 18.0. The third-order valence-electron chi connectivity index (χ3n) is 7.14. The lowest BCUT2D eigenvalue weighted by Crippen LogP contribution is -2.49. The van der Waals surface area contributed by atoms with Gasteiger partial charge in [-0.05, 0) is 31.0 Å². The van der Waals surface area contributed by atoms with Gasteiger partial charge in [0, 0.05) is 50.7 Å². The maximum Gasteiger partial charge on any atom is 0.423 e. The number of carbonyl (C=O) groups excluding carboxylic acids is 1. The van der Waals surface area contributed by atoms with Crippen LogP contribution in [0.5, 0.6) is 5.75 Å². The fourth-order valence-corrected chi connectivity index (χ4v) is 5.04. The number of hydrogen-bond acceptors (Lipinski definition) is 8. The molecule has 10 nitrogen and oxygen atoms in total. The first-order chi connectivity index (χ1) is 19.9. The number of ether oxygens (including phenoxy) is 1. The molecule has 42 heavy (non-hydrogen) atoms. The molecule has 1 atom stereocenters. The van der Waals surface area contributed by atoms with Gasteiger partial charge in [-0.15, -0.1) is 0 Å². The molecular weight excluding hydrogens is 572 g/mol. The zero-order chi connectivity index (χ0) is 30.1. The molecule has 0 unspecified atom stereocenters. The third-order valence-corrected chi connectivity index (χ3v) is 7.14. The summed E-state index contributed by atoms with van der Waals surface area (Å²) in [6.07, 6.45) is -5.82. The second-order valence-corrected chi connectivity index (χ2v) is 9.83. The first kappa shape index (κ1) is 29.1. The van der Waals surface area contributed by atoms with Gasteiger partial charge in [0.05, 0.1) is 23.5 Å². The maximum atomic E-state index is 13.6. The fraction of sp³-hybridized carbons (Fsp3) is 0.423. The molecule has 1 N–H and O–H groups in total. The summed E-state index contributed by atoms with van der Waals surface area (Å²) >= 11 is 0. The predicted molar refractivity (Wildman–Crippen MR) is 137 cm³/mol. The first-order valence-corrected chi connectivity index (χ1v) is 13.0. The molecule has 2 aliphatic rings. The summed E-state index contributed by atoms with van der Waals surface area (Å²) in [4.78, 5) is 37.4. The number of aromatic nitrogens is 4. The number of nitrogens with zero attached hydrogens (tertiary/aromatic N) is 6. The number of anilines is 2. The molecule has 2 fully saturated rings. The Labute approximate surface area is 234 Å². The van der Waals surface area contributed by atoms with Gasteiger partial charge in [-0.25, -0.2) is 15.1 Å². The van der Waals surface area contributed by atoms with Gasteiger partial charge in [-0.3, -0.25) is 9.59 Å². The lowest BCUT2D eigenvalue weighted by Gasteiger charge is -2.34. The molecule has 2 aliphatic heterocycles. The molecule has 0 saturated carbocycles. The van der Waals surface area contributed by atoms with Crippen LogP contribution in [-0.2, 0) is 12.4 Å². The van der Waals surface area contributed by atoms with Gasteiger partial charge in [0.15, 0.2) is 0 Å². The maximum absolute atomic E-state index is 13.6. The number of carbonyl (C=O) groups is 1. The highest BCUT2D eigenvalue weighted by molar-refractivity contribution is 5.94. The first-order valence-electron chi connectivity index (χ1n) is 13.0. The minimum absolute atomic E-state index is 0.0214. The number of halogens is 6. The Hall–Kier alpha value is -4.37. The molecule has 4 heterocycles. The van der Waals surface area contributed by atoms with E-state index in [0.29, 0.717) is 43.8 Å². The smallest absolute Gasteiger partial charge is 0.423 e. The Morgan fingerprint density at radius 3 is 2.36 bits per heavy atom. The topological polar surface area (TPSA) is 108 Å². The highest BCUT2D eigenvalue weighted by Crippen LogP contribution is 2.36. The number of nitrogens with one attached hydrogen (secondary N) is 1. The second-order valence-electron chi connectivity index (χ2n) is 9.83. The molecule has 5 rings (SSSR count). The van der Waals surface area contributed by atoms with E-state index in [1.165, 1.54) is 4.90 Å². The van der Waals surface area contributed by atoms with Gasteiger partial charge < -0.3 is 19.4 Å². The molecule has 224 valence electrons. The molecule has 2 aromatic heterocycles. The minimum atomic E-state index is -4.86. The highest BCUT2D eigenvalue weighted by Gasteiger charge is 2.41. The number of hydrogen-bond donors (Lipinski definition) is 1. The van der Waals surface area contributed by atoms with Crippen molar-refractivity contribution < 1.29 is 35.9 Å². The quantitative estimate of drug-likeness (QED) is 0.430. The van der Waals surface area contributed by atoms with E-state index in [4.69, 9.17) is 4.74 Å². The summed E-state index contributed by atoms with van der Waals surface area (Å²) in [5.41, 5.74) is -3.52. The molecule has 16 heteroatoms. The fourth-order valence-electron chi connectivity index (χ4n) is 5.04. The van der Waals surface area contributed by atoms with Crippen molar-refractivity contribution in [1.82, 2.24) is 25.1 Å². The zero-order valence-electron chi connectivity index (χ0n) is 22.0. The van der Waals surface area contributed by atoms with Crippen molar-refractivity contribution in [2.75, 3.05) is 49.1 Å². The number of H-pyrrole nitrogens is 1. The van der Waals surface area contributed by atoms with Crippen molar-refractivity contribution >= 4 is 17.5 Å². The Kier molecular flexibility index (Phi) is 7.97. The second kappa shape index (κ2) is 11.5. The SMILES string of the molecule is O=C(c1cccc(OC[C@@H]2CCCN2c2cn[nH]c(=O)c2C(F)(F)F)c1)N1CCN(c2ncc(C(F)(F)F)cn2)CC1. The number of piperazine rings is 1. The number of alkyl halides is 6. The van der Waals surface area contributed by atoms with Crippen LogP contribution in [0.4, 0.5) is 38.0 Å². The van der Waals surface area contributed by atoms with Gasteiger partial charge in [-0.1, -0.05) is 6.07 Å². The average molecular weight is 598 g/mol. The van der Waals surface area contributed by atoms with Crippen LogP contribution in [0.3, 0.4) is 0 Å². The van der Waals surface area contributed by atoms with Gasteiger partial charge >= 0.3 is 12.4 Å². The van der Waals surface area contributed by atoms with Crippen LogP contribution in [0.2, 0.25) is 0 Å². The third kappa shape index (κ3) is 6.26. The molecule has 0 aliphatic carbocycles. The van der Waals surface area contributed by atoms with E-state index in [9.17, 15) is 35.9 Å². The van der Waals surface area contributed by atoms with Crippen LogP contribution in [0.15, 0.2) is 47.7 Å². The zero-order valence-corrected chi connectivity index (χ0v) is 22.0. The summed E-state index contributed by atoms with van der Waals surface area (Å²) in [7, 11) is 0. The van der Waals surface area contributed by atoms with Crippen molar-refractivity contribution in [2.24, 2.45) is 0 Å². The molecule has 0 radical (unpaired) electrons. The van der Waals surface area contributed by atoms with Crippen molar-refractivity contribution in [3.05, 3.63) is 69.9 Å². The molecule has 2 saturated heterocycles. The van der Waals surface area contributed by atoms with Crippen LogP contribution in [0.1, 0.15) is 34.3 Å². The molecule has 0 spiro atoms. The monoisotopic (exact) mass is 597 g/mol. The van der Waals surface area contributed by atoms with Gasteiger partial charge in [0.1, 0.15) is 17.9 Å². The number of rotatable bonds is 6. The number of amides is 1. The van der Waals surface area contributed by atoms with Crippen LogP contribution < -0.4 is 20.1 Å². The summed E-state index contributed by atoms with van der Waals surface area (Å²) in [5.74, 6) is 0.217. The molecule has 1 amide bonds. The Morgan fingerprint density at radius 2 is 1.69 bits per heavy atom. The van der Waals surface area contributed by atoms with E-state index < -0.39 is 35.1 Å². The van der Waals surface area contributed by atoms with Gasteiger partial charge in [0.25, 0.3) is 11.5 Å². The van der Waals surface area contributed by atoms with E-state index in [2.05, 4.69) is 15.1 Å². The summed E-state index contributed by atoms with van der Waals surface area (Å²) in [6, 6.07) is 5.97. The van der Waals surface area contributed by atoms with E-state index in [-0.39, 0.29) is 37.2 Å².